The summed E-state index contributed by atoms with van der Waals surface area (Å²) in [5, 5.41) is 13.7. The Morgan fingerprint density at radius 3 is 2.43 bits per heavy atom. The zero-order valence-corrected chi connectivity index (χ0v) is 9.70. The van der Waals surface area contributed by atoms with Gasteiger partial charge in [-0.25, -0.2) is 0 Å². The van der Waals surface area contributed by atoms with Gasteiger partial charge in [0.2, 0.25) is 0 Å². The molecule has 1 rings (SSSR count). The van der Waals surface area contributed by atoms with Crippen LogP contribution in [0.25, 0.3) is 0 Å². The number of rotatable bonds is 2. The van der Waals surface area contributed by atoms with E-state index < -0.39 is 0 Å². The molecule has 80 valence electrons. The van der Waals surface area contributed by atoms with Crippen molar-refractivity contribution in [1.29, 1.82) is 0 Å². The molecule has 3 nitrogen and oxygen atoms in total. The maximum Gasteiger partial charge on any atom is 0.0680 e. The van der Waals surface area contributed by atoms with Crippen molar-refractivity contribution in [2.75, 3.05) is 0 Å². The zero-order valence-electron chi connectivity index (χ0n) is 9.70. The van der Waals surface area contributed by atoms with Gasteiger partial charge in [-0.2, -0.15) is 5.10 Å². The highest BCUT2D eigenvalue weighted by Crippen LogP contribution is 2.21. The van der Waals surface area contributed by atoms with E-state index in [0.717, 1.165) is 11.4 Å². The van der Waals surface area contributed by atoms with Gasteiger partial charge in [0.05, 0.1) is 11.8 Å². The van der Waals surface area contributed by atoms with Gasteiger partial charge >= 0.3 is 0 Å². The smallest absolute Gasteiger partial charge is 0.0680 e. The molecule has 0 spiro atoms. The van der Waals surface area contributed by atoms with E-state index in [4.69, 9.17) is 0 Å². The molecule has 1 N–H and O–H groups in total. The van der Waals surface area contributed by atoms with Gasteiger partial charge in [-0.3, -0.25) is 4.68 Å². The molecule has 1 atom stereocenters. The number of aliphatic hydroxyl groups excluding tert-OH is 1. The highest BCUT2D eigenvalue weighted by molar-refractivity contribution is 5.17. The fourth-order valence-electron chi connectivity index (χ4n) is 1.37. The normalized spacial score (nSPS) is 14.4. The second-order valence-corrected chi connectivity index (χ2v) is 4.95. The highest BCUT2D eigenvalue weighted by Gasteiger charge is 2.19. The molecule has 1 unspecified atom stereocenters. The minimum Gasteiger partial charge on any atom is -0.393 e. The van der Waals surface area contributed by atoms with Gasteiger partial charge in [0.15, 0.2) is 0 Å². The Balaban J connectivity index is 2.94. The van der Waals surface area contributed by atoms with Gasteiger partial charge in [-0.15, -0.1) is 0 Å². The van der Waals surface area contributed by atoms with Crippen molar-refractivity contribution in [3.8, 4) is 0 Å². The molecule has 0 saturated heterocycles. The van der Waals surface area contributed by atoms with Crippen LogP contribution in [0, 0.1) is 0 Å². The molecule has 1 aromatic heterocycles. The molecule has 0 amide bonds. The van der Waals surface area contributed by atoms with Crippen LogP contribution in [0.3, 0.4) is 0 Å². The van der Waals surface area contributed by atoms with E-state index in [1.54, 1.807) is 6.92 Å². The third-order valence-corrected chi connectivity index (χ3v) is 2.25. The highest BCUT2D eigenvalue weighted by atomic mass is 16.3. The molecule has 1 heterocycles. The molecule has 0 radical (unpaired) electrons. The van der Waals surface area contributed by atoms with Gasteiger partial charge in [0.1, 0.15) is 0 Å². The van der Waals surface area contributed by atoms with Crippen LogP contribution in [-0.4, -0.2) is 21.0 Å². The summed E-state index contributed by atoms with van der Waals surface area (Å²) in [7, 11) is 1.92. The van der Waals surface area contributed by atoms with Crippen LogP contribution < -0.4 is 0 Å². The lowest BCUT2D eigenvalue weighted by Crippen LogP contribution is -2.12. The first-order chi connectivity index (χ1) is 6.30. The van der Waals surface area contributed by atoms with Gasteiger partial charge in [0, 0.05) is 24.6 Å². The topological polar surface area (TPSA) is 38.1 Å². The summed E-state index contributed by atoms with van der Waals surface area (Å²) in [5.41, 5.74) is 2.25. The molecule has 14 heavy (non-hydrogen) atoms. The molecule has 0 saturated carbocycles. The Kier molecular flexibility index (Phi) is 3.00. The van der Waals surface area contributed by atoms with Crippen LogP contribution in [0.15, 0.2) is 6.07 Å². The van der Waals surface area contributed by atoms with Crippen LogP contribution in [0.5, 0.6) is 0 Å². The van der Waals surface area contributed by atoms with E-state index in [0.29, 0.717) is 6.42 Å². The van der Waals surface area contributed by atoms with Gasteiger partial charge < -0.3 is 5.11 Å². The van der Waals surface area contributed by atoms with Crippen LogP contribution in [-0.2, 0) is 18.9 Å². The van der Waals surface area contributed by atoms with Crippen LogP contribution >= 0.6 is 0 Å². The Morgan fingerprint density at radius 1 is 1.50 bits per heavy atom. The van der Waals surface area contributed by atoms with Gasteiger partial charge in [-0.05, 0) is 13.0 Å². The zero-order chi connectivity index (χ0) is 10.9. The number of hydrogen-bond acceptors (Lipinski definition) is 2. The molecule has 0 fully saturated rings. The van der Waals surface area contributed by atoms with E-state index in [2.05, 4.69) is 31.9 Å². The molecule has 1 aromatic rings. The summed E-state index contributed by atoms with van der Waals surface area (Å²) in [6.45, 7) is 8.22. The molecule has 0 aliphatic heterocycles. The number of aromatic nitrogens is 2. The summed E-state index contributed by atoms with van der Waals surface area (Å²) >= 11 is 0. The summed E-state index contributed by atoms with van der Waals surface area (Å²) in [6, 6.07) is 2.08. The molecule has 3 heteroatoms. The first kappa shape index (κ1) is 11.2. The summed E-state index contributed by atoms with van der Waals surface area (Å²) in [5.74, 6) is 0. The van der Waals surface area contributed by atoms with Crippen molar-refractivity contribution in [3.05, 3.63) is 17.5 Å². The van der Waals surface area contributed by atoms with Crippen LogP contribution in [0.1, 0.15) is 39.1 Å². The number of nitrogens with zero attached hydrogens (tertiary/aromatic N) is 2. The third-order valence-electron chi connectivity index (χ3n) is 2.25. The molecule has 0 bridgehead atoms. The molecule has 0 aliphatic rings. The standard InChI is InChI=1S/C11H20N2O/c1-8(14)6-9-7-10(11(2,3)4)12-13(9)5/h7-8,14H,6H2,1-5H3. The first-order valence-corrected chi connectivity index (χ1v) is 5.02. The number of aryl methyl sites for hydroxylation is 1. The Hall–Kier alpha value is -0.830. The second kappa shape index (κ2) is 3.73. The maximum atomic E-state index is 9.30. The third kappa shape index (κ3) is 2.58. The number of aliphatic hydroxyl groups is 1. The minimum absolute atomic E-state index is 0.0781. The number of hydrogen-bond donors (Lipinski definition) is 1. The summed E-state index contributed by atoms with van der Waals surface area (Å²) in [4.78, 5) is 0. The molecular formula is C11H20N2O. The van der Waals surface area contributed by atoms with Crippen molar-refractivity contribution in [2.24, 2.45) is 7.05 Å². The molecule has 0 aliphatic carbocycles. The SMILES string of the molecule is CC(O)Cc1cc(C(C)(C)C)nn1C. The predicted molar refractivity (Wildman–Crippen MR) is 57.3 cm³/mol. The van der Waals surface area contributed by atoms with Crippen LogP contribution in [0.4, 0.5) is 0 Å². The van der Waals surface area contributed by atoms with E-state index in [1.165, 1.54) is 0 Å². The average molecular weight is 196 g/mol. The largest absolute Gasteiger partial charge is 0.393 e. The lowest BCUT2D eigenvalue weighted by molar-refractivity contribution is 0.193. The van der Waals surface area contributed by atoms with Crippen molar-refractivity contribution in [1.82, 2.24) is 9.78 Å². The van der Waals surface area contributed by atoms with Crippen molar-refractivity contribution in [3.63, 3.8) is 0 Å². The lowest BCUT2D eigenvalue weighted by atomic mass is 9.92. The average Bonchev–Trinajstić information content (AvgIpc) is 2.30. The fourth-order valence-corrected chi connectivity index (χ4v) is 1.37. The monoisotopic (exact) mass is 196 g/mol. The lowest BCUT2D eigenvalue weighted by Gasteiger charge is -2.13. The van der Waals surface area contributed by atoms with Crippen molar-refractivity contribution in [2.45, 2.75) is 45.6 Å². The fraction of sp³-hybridized carbons (Fsp3) is 0.727. The quantitative estimate of drug-likeness (QED) is 0.781. The molecular weight excluding hydrogens is 176 g/mol. The van der Waals surface area contributed by atoms with Crippen molar-refractivity contribution < 1.29 is 5.11 Å². The van der Waals surface area contributed by atoms with Crippen molar-refractivity contribution >= 4 is 0 Å². The summed E-state index contributed by atoms with van der Waals surface area (Å²) in [6.07, 6.45) is 0.359. The predicted octanol–water partition coefficient (Wildman–Crippen LogP) is 1.64. The molecule has 0 aromatic carbocycles. The summed E-state index contributed by atoms with van der Waals surface area (Å²) < 4.78 is 1.85. The van der Waals surface area contributed by atoms with Gasteiger partial charge in [0.25, 0.3) is 0 Å². The Labute approximate surface area is 85.8 Å². The van der Waals surface area contributed by atoms with Gasteiger partial charge in [-0.1, -0.05) is 20.8 Å². The first-order valence-electron chi connectivity index (χ1n) is 5.02. The Morgan fingerprint density at radius 2 is 2.07 bits per heavy atom. The second-order valence-electron chi connectivity index (χ2n) is 4.95. The van der Waals surface area contributed by atoms with Crippen LogP contribution in [0.2, 0.25) is 0 Å². The Bertz CT molecular complexity index is 308. The van der Waals surface area contributed by atoms with E-state index >= 15 is 0 Å². The van der Waals surface area contributed by atoms with E-state index in [1.807, 2.05) is 11.7 Å². The van der Waals surface area contributed by atoms with E-state index in [9.17, 15) is 5.11 Å². The maximum absolute atomic E-state index is 9.30. The minimum atomic E-state index is -0.307. The van der Waals surface area contributed by atoms with E-state index in [-0.39, 0.29) is 11.5 Å².